The van der Waals surface area contributed by atoms with Crippen molar-refractivity contribution >= 4 is 13.4 Å². The van der Waals surface area contributed by atoms with E-state index in [0.717, 1.165) is 0 Å². The molecule has 6 nitrogen and oxygen atoms in total. The lowest BCUT2D eigenvalue weighted by Gasteiger charge is -2.35. The van der Waals surface area contributed by atoms with Gasteiger partial charge >= 0.3 is 6.03 Å². The molecule has 48 valence electrons. The average Bonchev–Trinajstić information content (AvgIpc) is 1.25. The van der Waals surface area contributed by atoms with Gasteiger partial charge in [0, 0.05) is 0 Å². The first-order chi connectivity index (χ1) is 3.46. The fourth-order valence-corrected chi connectivity index (χ4v) is 0. The molecule has 0 radical (unpaired) electrons. The average molecular weight is 119 g/mol. The first-order valence-electron chi connectivity index (χ1n) is 1.49. The van der Waals surface area contributed by atoms with E-state index in [1.54, 1.807) is 0 Å². The van der Waals surface area contributed by atoms with E-state index in [2.05, 4.69) is 11.5 Å². The van der Waals surface area contributed by atoms with Crippen LogP contribution in [0.15, 0.2) is 0 Å². The van der Waals surface area contributed by atoms with Crippen molar-refractivity contribution in [3.63, 3.8) is 0 Å². The molecule has 0 bridgehead atoms. The second-order valence-electron chi connectivity index (χ2n) is 0.691. The molecular weight excluding hydrogens is 115 g/mol. The molecule has 0 rings (SSSR count). The maximum Gasteiger partial charge on any atom is 0.309 e. The van der Waals surface area contributed by atoms with Crippen LogP contribution in [0.4, 0.5) is 4.79 Å². The van der Waals surface area contributed by atoms with Crippen LogP contribution in [0.3, 0.4) is 0 Å². The van der Waals surface area contributed by atoms with Crippen LogP contribution >= 0.6 is 0 Å². The minimum atomic E-state index is -2.92. The van der Waals surface area contributed by atoms with Crippen molar-refractivity contribution in [3.8, 4) is 0 Å². The zero-order chi connectivity index (χ0) is 7.15. The van der Waals surface area contributed by atoms with E-state index in [4.69, 9.17) is 19.9 Å². The second kappa shape index (κ2) is 6.21. The van der Waals surface area contributed by atoms with Gasteiger partial charge < -0.3 is 26.5 Å². The number of nitrogens with two attached hydrogens (primary N) is 2. The number of amides is 2. The van der Waals surface area contributed by atoms with Gasteiger partial charge in [0.15, 0.2) is 0 Å². The summed E-state index contributed by atoms with van der Waals surface area (Å²) in [4.78, 5) is 9.00. The summed E-state index contributed by atoms with van der Waals surface area (Å²) in [7, 11) is -2.92. The number of rotatable bonds is 0. The molecule has 7 heteroatoms. The Hall–Kier alpha value is -0.785. The zero-order valence-electron chi connectivity index (χ0n) is 3.87. The van der Waals surface area contributed by atoms with Crippen molar-refractivity contribution in [3.05, 3.63) is 0 Å². The standard InChI is InChI=1S/CH4N2O.BO3/c2*2-1(3)4/h(H4,2,3,4);/q;-3. The lowest BCUT2D eigenvalue weighted by Crippen LogP contribution is -2.56. The Balaban J connectivity index is 0. The van der Waals surface area contributed by atoms with Crippen molar-refractivity contribution < 1.29 is 19.9 Å². The normalized spacial score (nSPS) is 6.38. The molecule has 0 aromatic carbocycles. The lowest BCUT2D eigenvalue weighted by molar-refractivity contribution is -0.479. The molecule has 0 saturated carbocycles. The smallest absolute Gasteiger partial charge is 0.309 e. The van der Waals surface area contributed by atoms with Crippen molar-refractivity contribution in [1.82, 2.24) is 0 Å². The SMILES string of the molecule is NC(N)=O.[O-]B([O-])[O-]. The minimum absolute atomic E-state index is 0.833. The summed E-state index contributed by atoms with van der Waals surface area (Å²) in [6.45, 7) is 0. The van der Waals surface area contributed by atoms with E-state index in [0.29, 0.717) is 0 Å². The monoisotopic (exact) mass is 119 g/mol. The summed E-state index contributed by atoms with van der Waals surface area (Å²) >= 11 is 0. The highest BCUT2D eigenvalue weighted by atomic mass is 16.5. The number of hydrogen-bond donors (Lipinski definition) is 2. The molecule has 0 fully saturated rings. The number of carbonyl (C=O) groups is 1. The molecule has 0 aliphatic rings. The highest BCUT2D eigenvalue weighted by Gasteiger charge is 1.60. The van der Waals surface area contributed by atoms with Crippen LogP contribution in [0.2, 0.25) is 0 Å². The van der Waals surface area contributed by atoms with Crippen molar-refractivity contribution in [2.45, 2.75) is 0 Å². The molecule has 0 aliphatic carbocycles. The second-order valence-corrected chi connectivity index (χ2v) is 0.691. The highest BCUT2D eigenvalue weighted by Crippen LogP contribution is 1.25. The van der Waals surface area contributed by atoms with Crippen LogP contribution < -0.4 is 26.5 Å². The number of urea groups is 1. The molecule has 2 amide bonds. The Bertz CT molecular complexity index is 58.3. The predicted molar refractivity (Wildman–Crippen MR) is 19.5 cm³/mol. The molecule has 0 unspecified atom stereocenters. The van der Waals surface area contributed by atoms with Crippen LogP contribution in [-0.2, 0) is 0 Å². The lowest BCUT2D eigenvalue weighted by atomic mass is 10.3. The predicted octanol–water partition coefficient (Wildman–Crippen LogP) is -4.92. The largest absolute Gasteiger partial charge is 0.907 e. The molecule has 0 spiro atoms. The molecule has 0 aromatic heterocycles. The summed E-state index contributed by atoms with van der Waals surface area (Å²) in [6, 6.07) is -0.833. The summed E-state index contributed by atoms with van der Waals surface area (Å²) in [6.07, 6.45) is 0. The number of carbonyl (C=O) groups excluding carboxylic acids is 1. The molecule has 0 saturated heterocycles. The zero-order valence-corrected chi connectivity index (χ0v) is 3.87. The molecule has 8 heavy (non-hydrogen) atoms. The Morgan fingerprint density at radius 3 is 1.25 bits per heavy atom. The Labute approximate surface area is 45.9 Å². The first-order valence-corrected chi connectivity index (χ1v) is 1.49. The Morgan fingerprint density at radius 2 is 1.25 bits per heavy atom. The molecular formula is CH4BN2O4-3. The summed E-state index contributed by atoms with van der Waals surface area (Å²) in [5.41, 5.74) is 8.50. The molecule has 0 aliphatic heterocycles. The van der Waals surface area contributed by atoms with Crippen LogP contribution in [0.25, 0.3) is 0 Å². The van der Waals surface area contributed by atoms with Crippen molar-refractivity contribution in [2.24, 2.45) is 11.5 Å². The first kappa shape index (κ1) is 10.2. The van der Waals surface area contributed by atoms with E-state index in [1.807, 2.05) is 0 Å². The van der Waals surface area contributed by atoms with Gasteiger partial charge in [0.1, 0.15) is 0 Å². The maximum atomic E-state index is 9.00. The highest BCUT2D eigenvalue weighted by molar-refractivity contribution is 6.24. The third-order valence-corrected chi connectivity index (χ3v) is 0. The van der Waals surface area contributed by atoms with E-state index < -0.39 is 13.4 Å². The van der Waals surface area contributed by atoms with Gasteiger partial charge in [-0.15, -0.1) is 0 Å². The fourth-order valence-electron chi connectivity index (χ4n) is 0. The van der Waals surface area contributed by atoms with Gasteiger partial charge in [-0.2, -0.15) is 0 Å². The van der Waals surface area contributed by atoms with Crippen LogP contribution in [0.1, 0.15) is 0 Å². The molecule has 0 aromatic rings. The van der Waals surface area contributed by atoms with Gasteiger partial charge in [-0.05, 0) is 0 Å². The van der Waals surface area contributed by atoms with Gasteiger partial charge in [-0.25, -0.2) is 4.79 Å². The van der Waals surface area contributed by atoms with Crippen LogP contribution in [0, 0.1) is 0 Å². The van der Waals surface area contributed by atoms with Gasteiger partial charge in [0.25, 0.3) is 0 Å². The maximum absolute atomic E-state index is 9.00. The van der Waals surface area contributed by atoms with Gasteiger partial charge in [-0.1, -0.05) is 0 Å². The van der Waals surface area contributed by atoms with Crippen molar-refractivity contribution in [1.29, 1.82) is 0 Å². The molecule has 4 N–H and O–H groups in total. The summed E-state index contributed by atoms with van der Waals surface area (Å²) < 4.78 is 0. The summed E-state index contributed by atoms with van der Waals surface area (Å²) in [5.74, 6) is 0. The minimum Gasteiger partial charge on any atom is -0.907 e. The van der Waals surface area contributed by atoms with Gasteiger partial charge in [-0.3, -0.25) is 7.32 Å². The van der Waals surface area contributed by atoms with E-state index in [-0.39, 0.29) is 0 Å². The summed E-state index contributed by atoms with van der Waals surface area (Å²) in [5, 5.41) is 25.2. The van der Waals surface area contributed by atoms with E-state index >= 15 is 0 Å². The Kier molecular flexibility index (Phi) is 7.96. The topological polar surface area (TPSA) is 138 Å². The van der Waals surface area contributed by atoms with E-state index in [9.17, 15) is 0 Å². The fraction of sp³-hybridized carbons (Fsp3) is 0. The van der Waals surface area contributed by atoms with Crippen LogP contribution in [0.5, 0.6) is 0 Å². The third-order valence-electron chi connectivity index (χ3n) is 0. The number of primary amides is 2. The van der Waals surface area contributed by atoms with Crippen LogP contribution in [-0.4, -0.2) is 13.4 Å². The van der Waals surface area contributed by atoms with Gasteiger partial charge in [0.05, 0.1) is 0 Å². The van der Waals surface area contributed by atoms with Gasteiger partial charge in [0.2, 0.25) is 0 Å². The van der Waals surface area contributed by atoms with Crippen molar-refractivity contribution in [2.75, 3.05) is 0 Å². The quantitative estimate of drug-likeness (QED) is 0.308. The third kappa shape index (κ3) is 150. The van der Waals surface area contributed by atoms with E-state index in [1.165, 1.54) is 0 Å². The molecule has 0 atom stereocenters. The molecule has 0 heterocycles. The Morgan fingerprint density at radius 1 is 1.25 bits per heavy atom. The number of hydrogen-bond acceptors (Lipinski definition) is 4.